The fraction of sp³-hybridized carbons (Fsp3) is 0.341. The predicted octanol–water partition coefficient (Wildman–Crippen LogP) is 6.62. The Morgan fingerprint density at radius 1 is 0.940 bits per heavy atom. The Morgan fingerprint density at radius 3 is 2.46 bits per heavy atom. The standard InChI is InChI=1S/C41H44N4O5/c1-27-38(24-45-21-7-9-33(45)26-48-2)49-41(50-39(27)30-15-13-28(25-46)14-16-30)31-19-17-29(18-20-31)34-10-4-3-8-32(34)22-43-40(47)37-23-42-35-11-5-6-12-36(35)44-37/h3-6,8,10-20,23,27,33,38-39,41,46H,7,9,21-22,24-26H2,1-2H3,(H,43,47). The highest BCUT2D eigenvalue weighted by atomic mass is 16.7. The van der Waals surface area contributed by atoms with Gasteiger partial charge in [-0.15, -0.1) is 0 Å². The smallest absolute Gasteiger partial charge is 0.271 e. The molecule has 5 atom stereocenters. The van der Waals surface area contributed by atoms with Crippen LogP contribution in [0.1, 0.15) is 64.9 Å². The van der Waals surface area contributed by atoms with E-state index in [9.17, 15) is 9.90 Å². The molecule has 2 fully saturated rings. The summed E-state index contributed by atoms with van der Waals surface area (Å²) in [6, 6.07) is 32.3. The Balaban J connectivity index is 1.09. The van der Waals surface area contributed by atoms with Crippen LogP contribution in [0.3, 0.4) is 0 Å². The van der Waals surface area contributed by atoms with Crippen LogP contribution < -0.4 is 5.32 Å². The molecule has 0 saturated carbocycles. The number of aromatic nitrogens is 2. The quantitative estimate of drug-likeness (QED) is 0.161. The molecule has 2 N–H and O–H groups in total. The van der Waals surface area contributed by atoms with Crippen molar-refractivity contribution in [3.05, 3.63) is 131 Å². The molecule has 0 bridgehead atoms. The molecule has 258 valence electrons. The Hall–Kier alpha value is -4.51. The van der Waals surface area contributed by atoms with Crippen LogP contribution in [0.5, 0.6) is 0 Å². The summed E-state index contributed by atoms with van der Waals surface area (Å²) in [5, 5.41) is 12.6. The van der Waals surface area contributed by atoms with Gasteiger partial charge in [0.15, 0.2) is 6.29 Å². The van der Waals surface area contributed by atoms with E-state index in [1.807, 2.05) is 54.6 Å². The van der Waals surface area contributed by atoms with E-state index in [2.05, 4.69) is 69.6 Å². The number of aliphatic hydroxyl groups excluding tert-OH is 1. The maximum Gasteiger partial charge on any atom is 0.271 e. The zero-order valence-electron chi connectivity index (χ0n) is 28.6. The van der Waals surface area contributed by atoms with Gasteiger partial charge in [-0.25, -0.2) is 4.98 Å². The van der Waals surface area contributed by atoms with Crippen molar-refractivity contribution in [1.82, 2.24) is 20.2 Å². The van der Waals surface area contributed by atoms with Gasteiger partial charge in [0.2, 0.25) is 0 Å². The lowest BCUT2D eigenvalue weighted by atomic mass is 9.89. The minimum Gasteiger partial charge on any atom is -0.392 e. The Bertz CT molecular complexity index is 1900. The molecule has 5 unspecified atom stereocenters. The van der Waals surface area contributed by atoms with Crippen LogP contribution >= 0.6 is 0 Å². The van der Waals surface area contributed by atoms with E-state index >= 15 is 0 Å². The third-order valence-corrected chi connectivity index (χ3v) is 10.0. The molecule has 0 aliphatic carbocycles. The van der Waals surface area contributed by atoms with Gasteiger partial charge in [0.05, 0.1) is 42.7 Å². The number of nitrogens with zero attached hydrogens (tertiary/aromatic N) is 3. The second-order valence-electron chi connectivity index (χ2n) is 13.3. The number of hydrogen-bond acceptors (Lipinski definition) is 8. The number of aliphatic hydroxyl groups is 1. The number of carbonyl (C=O) groups excluding carboxylic acids is 1. The summed E-state index contributed by atoms with van der Waals surface area (Å²) in [5.41, 5.74) is 7.66. The predicted molar refractivity (Wildman–Crippen MR) is 192 cm³/mol. The first-order chi connectivity index (χ1) is 24.5. The van der Waals surface area contributed by atoms with Gasteiger partial charge in [-0.1, -0.05) is 91.9 Å². The molecule has 1 aromatic heterocycles. The topological polar surface area (TPSA) is 106 Å². The fourth-order valence-electron chi connectivity index (χ4n) is 7.18. The Kier molecular flexibility index (Phi) is 10.6. The maximum absolute atomic E-state index is 13.0. The summed E-state index contributed by atoms with van der Waals surface area (Å²) in [7, 11) is 1.77. The molecule has 2 aliphatic rings. The molecule has 1 amide bonds. The lowest BCUT2D eigenvalue weighted by Crippen LogP contribution is -2.46. The van der Waals surface area contributed by atoms with Gasteiger partial charge in [-0.3, -0.25) is 14.7 Å². The number of rotatable bonds is 11. The van der Waals surface area contributed by atoms with Crippen LogP contribution in [0.15, 0.2) is 103 Å². The normalized spacial score (nSPS) is 22.5. The highest BCUT2D eigenvalue weighted by molar-refractivity contribution is 5.93. The molecule has 3 heterocycles. The third kappa shape index (κ3) is 7.47. The molecule has 9 nitrogen and oxygen atoms in total. The minimum atomic E-state index is -0.547. The van der Waals surface area contributed by atoms with Crippen molar-refractivity contribution in [2.75, 3.05) is 26.8 Å². The lowest BCUT2D eigenvalue weighted by molar-refractivity contribution is -0.276. The molecule has 2 aliphatic heterocycles. The average molecular weight is 673 g/mol. The van der Waals surface area contributed by atoms with E-state index < -0.39 is 6.29 Å². The van der Waals surface area contributed by atoms with Crippen LogP contribution in [-0.2, 0) is 27.4 Å². The molecular formula is C41H44N4O5. The summed E-state index contributed by atoms with van der Waals surface area (Å²) < 4.78 is 19.0. The zero-order valence-corrected chi connectivity index (χ0v) is 28.6. The van der Waals surface area contributed by atoms with E-state index in [1.54, 1.807) is 7.11 Å². The van der Waals surface area contributed by atoms with Crippen LogP contribution in [0.4, 0.5) is 0 Å². The minimum absolute atomic E-state index is 0.00650. The highest BCUT2D eigenvalue weighted by Crippen LogP contribution is 2.42. The molecule has 2 saturated heterocycles. The Labute approximate surface area is 293 Å². The first-order valence-corrected chi connectivity index (χ1v) is 17.4. The monoisotopic (exact) mass is 672 g/mol. The first-order valence-electron chi connectivity index (χ1n) is 17.4. The molecule has 9 heteroatoms. The van der Waals surface area contributed by atoms with Crippen molar-refractivity contribution in [3.63, 3.8) is 0 Å². The van der Waals surface area contributed by atoms with Crippen LogP contribution in [0.25, 0.3) is 22.2 Å². The first kappa shape index (κ1) is 34.0. The Morgan fingerprint density at radius 2 is 1.68 bits per heavy atom. The molecule has 0 radical (unpaired) electrons. The molecule has 7 rings (SSSR count). The number of likely N-dealkylation sites (tertiary alicyclic amines) is 1. The van der Waals surface area contributed by atoms with Gasteiger partial charge in [0.25, 0.3) is 5.91 Å². The number of nitrogens with one attached hydrogen (secondary N) is 1. The van der Waals surface area contributed by atoms with E-state index in [4.69, 9.17) is 14.2 Å². The van der Waals surface area contributed by atoms with Crippen molar-refractivity contribution in [1.29, 1.82) is 0 Å². The number of ether oxygens (including phenoxy) is 3. The number of methoxy groups -OCH3 is 1. The third-order valence-electron chi connectivity index (χ3n) is 10.0. The number of fused-ring (bicyclic) bond motifs is 1. The van der Waals surface area contributed by atoms with Crippen molar-refractivity contribution < 1.29 is 24.1 Å². The summed E-state index contributed by atoms with van der Waals surface area (Å²) in [4.78, 5) is 24.4. The second-order valence-corrected chi connectivity index (χ2v) is 13.3. The van der Waals surface area contributed by atoms with Crippen molar-refractivity contribution in [3.8, 4) is 11.1 Å². The van der Waals surface area contributed by atoms with Gasteiger partial charge in [-0.05, 0) is 59.3 Å². The van der Waals surface area contributed by atoms with Gasteiger partial charge >= 0.3 is 0 Å². The van der Waals surface area contributed by atoms with Gasteiger partial charge in [0.1, 0.15) is 5.69 Å². The van der Waals surface area contributed by atoms with Crippen molar-refractivity contribution in [2.45, 2.75) is 57.5 Å². The summed E-state index contributed by atoms with van der Waals surface area (Å²) >= 11 is 0. The summed E-state index contributed by atoms with van der Waals surface area (Å²) in [6.45, 7) is 5.12. The van der Waals surface area contributed by atoms with Crippen molar-refractivity contribution >= 4 is 16.9 Å². The lowest BCUT2D eigenvalue weighted by Gasteiger charge is -2.43. The second kappa shape index (κ2) is 15.6. The summed E-state index contributed by atoms with van der Waals surface area (Å²) in [5.74, 6) is -0.163. The number of hydrogen-bond donors (Lipinski definition) is 2. The molecule has 50 heavy (non-hydrogen) atoms. The van der Waals surface area contributed by atoms with E-state index in [0.717, 1.165) is 71.4 Å². The number of para-hydroxylation sites is 2. The highest BCUT2D eigenvalue weighted by Gasteiger charge is 2.40. The van der Waals surface area contributed by atoms with E-state index in [1.165, 1.54) is 6.20 Å². The SMILES string of the molecule is COCC1CCCN1CC1OC(c2ccc(-c3ccccc3CNC(=O)c3cnc4ccccc4n3)cc2)OC(c2ccc(CO)cc2)C1C. The zero-order chi connectivity index (χ0) is 34.5. The van der Waals surface area contributed by atoms with Gasteiger partial charge in [0, 0.05) is 37.7 Å². The van der Waals surface area contributed by atoms with E-state index in [0.29, 0.717) is 18.1 Å². The number of carbonyl (C=O) groups is 1. The molecule has 0 spiro atoms. The largest absolute Gasteiger partial charge is 0.392 e. The van der Waals surface area contributed by atoms with Gasteiger partial charge < -0.3 is 24.6 Å². The van der Waals surface area contributed by atoms with Crippen LogP contribution in [-0.4, -0.2) is 64.8 Å². The number of amides is 1. The summed E-state index contributed by atoms with van der Waals surface area (Å²) in [6.07, 6.45) is 3.03. The maximum atomic E-state index is 13.0. The average Bonchev–Trinajstić information content (AvgIpc) is 3.61. The molecule has 4 aromatic carbocycles. The molecular weight excluding hydrogens is 628 g/mol. The van der Waals surface area contributed by atoms with Crippen LogP contribution in [0, 0.1) is 5.92 Å². The number of benzene rings is 4. The van der Waals surface area contributed by atoms with Crippen LogP contribution in [0.2, 0.25) is 0 Å². The fourth-order valence-corrected chi connectivity index (χ4v) is 7.18. The molecule has 5 aromatic rings. The van der Waals surface area contributed by atoms with Crippen molar-refractivity contribution in [2.24, 2.45) is 5.92 Å². The van der Waals surface area contributed by atoms with E-state index in [-0.39, 0.29) is 36.3 Å². The van der Waals surface area contributed by atoms with Gasteiger partial charge in [-0.2, -0.15) is 0 Å².